The van der Waals surface area contributed by atoms with Crippen molar-refractivity contribution in [1.29, 1.82) is 0 Å². The number of unbranched alkanes of at least 4 members (excludes halogenated alkanes) is 2. The number of carbonyl (C=O) groups excluding carboxylic acids is 2. The van der Waals surface area contributed by atoms with Crippen LogP contribution in [0.5, 0.6) is 0 Å². The standard InChI is InChI=1S/C26H23F15O12/c1-3-15(42)44-11-13(48-16(43)4-2)12-47-50-52-53-51-49-46-9-7-5-6-8-45-24(36,25(37,38)26(39,40)41)23(35)22(34)21(33)20(32)19(31)18(30)17(29)14(28)10-27/h3-4,13H,1-2,5-12H2/b17-14+,19-18+,21-20+,23-22+. The molecule has 0 aromatic heterocycles. The number of allylic oxidation sites excluding steroid dienone is 7. The summed E-state index contributed by atoms with van der Waals surface area (Å²) in [6.07, 6.45) is -8.34. The number of alkyl halides is 7. The van der Waals surface area contributed by atoms with Crippen molar-refractivity contribution in [3.63, 3.8) is 0 Å². The molecule has 304 valence electrons. The van der Waals surface area contributed by atoms with Gasteiger partial charge in [0.25, 0.3) is 0 Å². The molecule has 0 spiro atoms. The minimum atomic E-state index is -7.13. The summed E-state index contributed by atoms with van der Waals surface area (Å²) in [6, 6.07) is 0. The van der Waals surface area contributed by atoms with Crippen LogP contribution in [0, 0.1) is 0 Å². The van der Waals surface area contributed by atoms with Crippen LogP contribution in [0.2, 0.25) is 0 Å². The van der Waals surface area contributed by atoms with Crippen molar-refractivity contribution in [3.05, 3.63) is 71.9 Å². The predicted molar refractivity (Wildman–Crippen MR) is 136 cm³/mol. The molecule has 0 amide bonds. The van der Waals surface area contributed by atoms with Gasteiger partial charge in [0.2, 0.25) is 23.3 Å². The molecule has 0 N–H and O–H groups in total. The van der Waals surface area contributed by atoms with Gasteiger partial charge >= 0.3 is 29.9 Å². The first-order valence-electron chi connectivity index (χ1n) is 13.4. The summed E-state index contributed by atoms with van der Waals surface area (Å²) in [5, 5.41) is 19.1. The van der Waals surface area contributed by atoms with Gasteiger partial charge in [0, 0.05) is 12.2 Å². The largest absolute Gasteiger partial charge is 0.460 e. The van der Waals surface area contributed by atoms with Gasteiger partial charge in [-0.25, -0.2) is 54.0 Å². The van der Waals surface area contributed by atoms with Crippen LogP contribution in [-0.2, 0) is 58.8 Å². The number of halogens is 15. The third-order valence-electron chi connectivity index (χ3n) is 5.22. The van der Waals surface area contributed by atoms with Gasteiger partial charge in [0.05, 0.1) is 13.2 Å². The van der Waals surface area contributed by atoms with Gasteiger partial charge in [-0.05, 0) is 44.5 Å². The molecule has 2 unspecified atom stereocenters. The molecule has 0 aromatic carbocycles. The van der Waals surface area contributed by atoms with E-state index in [1.54, 1.807) is 0 Å². The fourth-order valence-electron chi connectivity index (χ4n) is 2.70. The fourth-order valence-corrected chi connectivity index (χ4v) is 2.70. The van der Waals surface area contributed by atoms with Crippen LogP contribution in [0.3, 0.4) is 0 Å². The van der Waals surface area contributed by atoms with Crippen molar-refractivity contribution in [2.45, 2.75) is 43.3 Å². The van der Waals surface area contributed by atoms with Crippen molar-refractivity contribution in [2.75, 3.05) is 33.1 Å². The van der Waals surface area contributed by atoms with Crippen LogP contribution in [-0.4, -0.2) is 69.1 Å². The topological polar surface area (TPSA) is 126 Å². The molecule has 27 heteroatoms. The first kappa shape index (κ1) is 49.0. The Morgan fingerprint density at radius 1 is 0.604 bits per heavy atom. The van der Waals surface area contributed by atoms with E-state index >= 15 is 0 Å². The maximum Gasteiger partial charge on any atom is 0.460 e. The van der Waals surface area contributed by atoms with Gasteiger partial charge < -0.3 is 14.2 Å². The Bertz CT molecular complexity index is 1370. The van der Waals surface area contributed by atoms with E-state index < -0.39 is 129 Å². The number of rotatable bonds is 26. The van der Waals surface area contributed by atoms with Crippen LogP contribution in [0.15, 0.2) is 71.9 Å². The average molecular weight is 812 g/mol. The van der Waals surface area contributed by atoms with Gasteiger partial charge in [0.15, 0.2) is 29.4 Å². The number of ether oxygens (including phenoxy) is 3. The Kier molecular flexibility index (Phi) is 21.8. The summed E-state index contributed by atoms with van der Waals surface area (Å²) in [5.41, 5.74) is 0. The molecule has 0 saturated carbocycles. The minimum absolute atomic E-state index is 0.302. The molecule has 0 heterocycles. The zero-order valence-corrected chi connectivity index (χ0v) is 25.9. The summed E-state index contributed by atoms with van der Waals surface area (Å²) in [6.45, 7) is 0.359. The summed E-state index contributed by atoms with van der Waals surface area (Å²) < 4.78 is 215. The molecule has 0 aromatic rings. The minimum Gasteiger partial charge on any atom is -0.458 e. The van der Waals surface area contributed by atoms with Crippen LogP contribution in [0.1, 0.15) is 19.3 Å². The van der Waals surface area contributed by atoms with E-state index in [0.717, 1.165) is 12.2 Å². The second-order valence-corrected chi connectivity index (χ2v) is 8.86. The normalized spacial score (nSPS) is 16.0. The van der Waals surface area contributed by atoms with Crippen molar-refractivity contribution in [2.24, 2.45) is 0 Å². The highest BCUT2D eigenvalue weighted by molar-refractivity contribution is 5.82. The van der Waals surface area contributed by atoms with E-state index in [-0.39, 0.29) is 6.42 Å². The third-order valence-corrected chi connectivity index (χ3v) is 5.22. The van der Waals surface area contributed by atoms with Crippen LogP contribution in [0.25, 0.3) is 0 Å². The lowest BCUT2D eigenvalue weighted by atomic mass is 10.1. The molecule has 12 nitrogen and oxygen atoms in total. The fraction of sp³-hybridized carbons (Fsp3) is 0.462. The van der Waals surface area contributed by atoms with Crippen molar-refractivity contribution in [1.82, 2.24) is 0 Å². The SMILES string of the molecule is C=CC(=O)OCC(COOOOOOOCCCCCOC(F)(/C(F)=C(F)/C(F)=C(F)/C(F)=C(F)/C(F)=C(\F)CF)C(F)(F)C(F)(F)F)OC(=O)C=C. The first-order valence-corrected chi connectivity index (χ1v) is 13.4. The lowest BCUT2D eigenvalue weighted by Crippen LogP contribution is -2.56. The zero-order chi connectivity index (χ0) is 41.0. The maximum absolute atomic E-state index is 14.8. The highest BCUT2D eigenvalue weighted by Gasteiger charge is 2.75. The summed E-state index contributed by atoms with van der Waals surface area (Å²) in [4.78, 5) is 31.0. The molecule has 0 radical (unpaired) electrons. The van der Waals surface area contributed by atoms with Gasteiger partial charge in [-0.3, -0.25) is 0 Å². The third kappa shape index (κ3) is 15.5. The molecule has 2 atom stereocenters. The smallest absolute Gasteiger partial charge is 0.458 e. The first-order chi connectivity index (χ1) is 24.6. The van der Waals surface area contributed by atoms with Crippen molar-refractivity contribution >= 4 is 11.9 Å². The van der Waals surface area contributed by atoms with Gasteiger partial charge in [0.1, 0.15) is 19.9 Å². The number of carbonyl (C=O) groups is 2. The van der Waals surface area contributed by atoms with E-state index in [1.165, 1.54) is 0 Å². The highest BCUT2D eigenvalue weighted by atomic mass is 19.4. The van der Waals surface area contributed by atoms with Crippen molar-refractivity contribution in [3.8, 4) is 0 Å². The van der Waals surface area contributed by atoms with Gasteiger partial charge in [-0.1, -0.05) is 13.2 Å². The second-order valence-electron chi connectivity index (χ2n) is 8.86. The number of hydrogen-bond acceptors (Lipinski definition) is 12. The van der Waals surface area contributed by atoms with E-state index in [4.69, 9.17) is 4.74 Å². The van der Waals surface area contributed by atoms with E-state index in [2.05, 4.69) is 57.6 Å². The monoisotopic (exact) mass is 812 g/mol. The zero-order valence-electron chi connectivity index (χ0n) is 25.9. The predicted octanol–water partition coefficient (Wildman–Crippen LogP) is 8.04. The number of hydrogen-bond donors (Lipinski definition) is 0. The Morgan fingerprint density at radius 3 is 1.62 bits per heavy atom. The molecular formula is C26H23F15O12. The quantitative estimate of drug-likeness (QED) is 0.0160. The molecule has 0 aliphatic carbocycles. The molecule has 53 heavy (non-hydrogen) atoms. The molecule has 0 aliphatic rings. The lowest BCUT2D eigenvalue weighted by molar-refractivity contribution is -0.790. The van der Waals surface area contributed by atoms with Crippen molar-refractivity contribution < 1.29 is 125 Å². The highest BCUT2D eigenvalue weighted by Crippen LogP contribution is 2.51. The summed E-state index contributed by atoms with van der Waals surface area (Å²) in [7, 11) is 0. The Hall–Kier alpha value is -3.99. The average Bonchev–Trinajstić information content (AvgIpc) is 3.13. The number of esters is 2. The summed E-state index contributed by atoms with van der Waals surface area (Å²) >= 11 is 0. The Morgan fingerprint density at radius 2 is 1.09 bits per heavy atom. The summed E-state index contributed by atoms with van der Waals surface area (Å²) in [5.74, 6) is -44.1. The van der Waals surface area contributed by atoms with E-state index in [1.807, 2.05) is 0 Å². The lowest BCUT2D eigenvalue weighted by Gasteiger charge is -2.33. The Balaban J connectivity index is 5.10. The Labute approximate surface area is 285 Å². The van der Waals surface area contributed by atoms with Crippen LogP contribution < -0.4 is 0 Å². The van der Waals surface area contributed by atoms with Crippen LogP contribution in [0.4, 0.5) is 65.9 Å². The molecule has 0 bridgehead atoms. The van der Waals surface area contributed by atoms with Crippen LogP contribution >= 0.6 is 0 Å². The maximum atomic E-state index is 14.8. The van der Waals surface area contributed by atoms with Gasteiger partial charge in [-0.15, -0.1) is 0 Å². The van der Waals surface area contributed by atoms with E-state index in [0.29, 0.717) is 0 Å². The molecule has 0 fully saturated rings. The van der Waals surface area contributed by atoms with Gasteiger partial charge in [-0.2, -0.15) is 31.2 Å². The molecule has 0 aliphatic heterocycles. The second kappa shape index (κ2) is 23.6. The van der Waals surface area contributed by atoms with E-state index in [9.17, 15) is 75.4 Å². The molecular weight excluding hydrogens is 789 g/mol. The molecule has 0 rings (SSSR count). The molecule has 0 saturated heterocycles.